The molecule has 1 atom stereocenters. The average molecular weight is 494 g/mol. The van der Waals surface area contributed by atoms with Crippen molar-refractivity contribution < 1.29 is 18.0 Å². The van der Waals surface area contributed by atoms with E-state index in [-0.39, 0.29) is 23.3 Å². The zero-order valence-corrected chi connectivity index (χ0v) is 19.2. The van der Waals surface area contributed by atoms with Crippen LogP contribution in [0.15, 0.2) is 57.9 Å². The standard InChI is InChI=1S/C21H24BrN3O4S/c1-24(2)21(27)16-7-5-15(6-8-16)14-23-20(26)19-4-3-13-25(19)30(28,29)18-11-9-17(22)10-12-18/h5-12,19H,3-4,13-14H2,1-2H3,(H,23,26)/t19-/m1/s1. The maximum absolute atomic E-state index is 13.0. The highest BCUT2D eigenvalue weighted by Gasteiger charge is 2.39. The Bertz CT molecular complexity index is 1020. The lowest BCUT2D eigenvalue weighted by Gasteiger charge is -2.23. The van der Waals surface area contributed by atoms with Gasteiger partial charge in [0.1, 0.15) is 6.04 Å². The molecule has 1 fully saturated rings. The quantitative estimate of drug-likeness (QED) is 0.669. The van der Waals surface area contributed by atoms with E-state index in [4.69, 9.17) is 0 Å². The fourth-order valence-electron chi connectivity index (χ4n) is 3.36. The Labute approximate surface area is 185 Å². The Morgan fingerprint density at radius 3 is 2.33 bits per heavy atom. The molecule has 30 heavy (non-hydrogen) atoms. The molecule has 3 rings (SSSR count). The molecule has 2 amide bonds. The van der Waals surface area contributed by atoms with Crippen molar-refractivity contribution in [2.75, 3.05) is 20.6 Å². The first-order valence-corrected chi connectivity index (χ1v) is 11.8. The topological polar surface area (TPSA) is 86.8 Å². The van der Waals surface area contributed by atoms with Crippen LogP contribution in [-0.2, 0) is 21.4 Å². The number of carbonyl (C=O) groups excluding carboxylic acids is 2. The van der Waals surface area contributed by atoms with Gasteiger partial charge in [-0.15, -0.1) is 0 Å². The summed E-state index contributed by atoms with van der Waals surface area (Å²) in [5.74, 6) is -0.410. The highest BCUT2D eigenvalue weighted by Crippen LogP contribution is 2.27. The average Bonchev–Trinajstić information content (AvgIpc) is 3.23. The molecule has 1 aliphatic heterocycles. The summed E-state index contributed by atoms with van der Waals surface area (Å²) in [6.45, 7) is 0.579. The molecule has 0 spiro atoms. The SMILES string of the molecule is CN(C)C(=O)c1ccc(CNC(=O)[C@H]2CCCN2S(=O)(=O)c2ccc(Br)cc2)cc1. The Morgan fingerprint density at radius 2 is 1.73 bits per heavy atom. The highest BCUT2D eigenvalue weighted by molar-refractivity contribution is 9.10. The van der Waals surface area contributed by atoms with Gasteiger partial charge in [0, 0.05) is 37.2 Å². The number of benzene rings is 2. The largest absolute Gasteiger partial charge is 0.351 e. The van der Waals surface area contributed by atoms with Gasteiger partial charge in [0.05, 0.1) is 4.90 Å². The van der Waals surface area contributed by atoms with Crippen LogP contribution in [0.4, 0.5) is 0 Å². The first-order chi connectivity index (χ1) is 14.2. The predicted octanol–water partition coefficient (Wildman–Crippen LogP) is 2.62. The van der Waals surface area contributed by atoms with Crippen LogP contribution in [0.25, 0.3) is 0 Å². The molecule has 2 aromatic rings. The first-order valence-electron chi connectivity index (χ1n) is 9.56. The molecule has 1 aliphatic rings. The lowest BCUT2D eigenvalue weighted by molar-refractivity contribution is -0.124. The van der Waals surface area contributed by atoms with E-state index in [0.29, 0.717) is 24.9 Å². The molecule has 9 heteroatoms. The monoisotopic (exact) mass is 493 g/mol. The van der Waals surface area contributed by atoms with Crippen molar-refractivity contribution >= 4 is 37.8 Å². The molecular weight excluding hydrogens is 470 g/mol. The summed E-state index contributed by atoms with van der Waals surface area (Å²) < 4.78 is 28.0. The van der Waals surface area contributed by atoms with Gasteiger partial charge in [-0.25, -0.2) is 8.42 Å². The summed E-state index contributed by atoms with van der Waals surface area (Å²) in [6.07, 6.45) is 1.12. The van der Waals surface area contributed by atoms with Gasteiger partial charge in [-0.1, -0.05) is 28.1 Å². The second kappa shape index (κ2) is 9.28. The molecule has 7 nitrogen and oxygen atoms in total. The van der Waals surface area contributed by atoms with Crippen LogP contribution in [0, 0.1) is 0 Å². The Morgan fingerprint density at radius 1 is 1.10 bits per heavy atom. The van der Waals surface area contributed by atoms with E-state index >= 15 is 0 Å². The minimum absolute atomic E-state index is 0.0923. The summed E-state index contributed by atoms with van der Waals surface area (Å²) in [5, 5.41) is 2.83. The number of amides is 2. The molecule has 2 aromatic carbocycles. The van der Waals surface area contributed by atoms with Gasteiger partial charge in [-0.3, -0.25) is 9.59 Å². The third-order valence-corrected chi connectivity index (χ3v) is 7.45. The van der Waals surface area contributed by atoms with E-state index in [2.05, 4.69) is 21.2 Å². The second-order valence-corrected chi connectivity index (χ2v) is 10.1. The van der Waals surface area contributed by atoms with Crippen molar-refractivity contribution in [3.63, 3.8) is 0 Å². The minimum atomic E-state index is -3.75. The summed E-state index contributed by atoms with van der Waals surface area (Å²) in [7, 11) is -0.373. The predicted molar refractivity (Wildman–Crippen MR) is 117 cm³/mol. The number of nitrogens with one attached hydrogen (secondary N) is 1. The van der Waals surface area contributed by atoms with Crippen LogP contribution in [-0.4, -0.2) is 56.1 Å². The molecule has 0 saturated carbocycles. The van der Waals surface area contributed by atoms with E-state index in [9.17, 15) is 18.0 Å². The zero-order chi connectivity index (χ0) is 21.9. The molecule has 1 saturated heterocycles. The molecular formula is C21H24BrN3O4S. The van der Waals surface area contributed by atoms with Crippen LogP contribution < -0.4 is 5.32 Å². The molecule has 0 bridgehead atoms. The summed E-state index contributed by atoms with van der Waals surface area (Å²) in [6, 6.07) is 12.7. The number of hydrogen-bond acceptors (Lipinski definition) is 4. The molecule has 160 valence electrons. The number of halogens is 1. The number of carbonyl (C=O) groups is 2. The van der Waals surface area contributed by atoms with Crippen LogP contribution in [0.1, 0.15) is 28.8 Å². The van der Waals surface area contributed by atoms with E-state index in [1.165, 1.54) is 21.3 Å². The van der Waals surface area contributed by atoms with Crippen molar-refractivity contribution in [1.82, 2.24) is 14.5 Å². The Hall–Kier alpha value is -2.23. The normalized spacial score (nSPS) is 17.0. The molecule has 0 radical (unpaired) electrons. The first kappa shape index (κ1) is 22.5. The number of nitrogens with zero attached hydrogens (tertiary/aromatic N) is 2. The lowest BCUT2D eigenvalue weighted by Crippen LogP contribution is -2.45. The van der Waals surface area contributed by atoms with Crippen LogP contribution in [0.2, 0.25) is 0 Å². The maximum Gasteiger partial charge on any atom is 0.253 e. The second-order valence-electron chi connectivity index (χ2n) is 7.34. The fraction of sp³-hybridized carbons (Fsp3) is 0.333. The number of hydrogen-bond donors (Lipinski definition) is 1. The van der Waals surface area contributed by atoms with Gasteiger partial charge >= 0.3 is 0 Å². The summed E-state index contributed by atoms with van der Waals surface area (Å²) in [5.41, 5.74) is 1.40. The van der Waals surface area contributed by atoms with Crippen molar-refractivity contribution in [2.45, 2.75) is 30.3 Å². The fourth-order valence-corrected chi connectivity index (χ4v) is 5.28. The van der Waals surface area contributed by atoms with E-state index in [1.54, 1.807) is 50.5 Å². The van der Waals surface area contributed by atoms with Gasteiger partial charge in [-0.2, -0.15) is 4.31 Å². The van der Waals surface area contributed by atoms with Crippen molar-refractivity contribution in [3.05, 3.63) is 64.1 Å². The van der Waals surface area contributed by atoms with E-state index < -0.39 is 16.1 Å². The third kappa shape index (κ3) is 4.91. The van der Waals surface area contributed by atoms with Crippen LogP contribution in [0.3, 0.4) is 0 Å². The number of sulfonamides is 1. The highest BCUT2D eigenvalue weighted by atomic mass is 79.9. The van der Waals surface area contributed by atoms with Crippen molar-refractivity contribution in [2.24, 2.45) is 0 Å². The van der Waals surface area contributed by atoms with Gasteiger partial charge < -0.3 is 10.2 Å². The Kier molecular flexibility index (Phi) is 6.95. The molecule has 0 aliphatic carbocycles. The van der Waals surface area contributed by atoms with Crippen molar-refractivity contribution in [1.29, 1.82) is 0 Å². The molecule has 1 heterocycles. The van der Waals surface area contributed by atoms with Crippen LogP contribution in [0.5, 0.6) is 0 Å². The zero-order valence-electron chi connectivity index (χ0n) is 16.8. The van der Waals surface area contributed by atoms with Gasteiger partial charge in [0.15, 0.2) is 0 Å². The molecule has 0 unspecified atom stereocenters. The maximum atomic E-state index is 13.0. The van der Waals surface area contributed by atoms with Gasteiger partial charge in [-0.05, 0) is 54.8 Å². The molecule has 1 N–H and O–H groups in total. The smallest absolute Gasteiger partial charge is 0.253 e. The lowest BCUT2D eigenvalue weighted by atomic mass is 10.1. The minimum Gasteiger partial charge on any atom is -0.351 e. The Balaban J connectivity index is 1.66. The summed E-state index contributed by atoms with van der Waals surface area (Å²) in [4.78, 5) is 26.4. The number of rotatable bonds is 6. The molecule has 0 aromatic heterocycles. The summed E-state index contributed by atoms with van der Waals surface area (Å²) >= 11 is 3.30. The van der Waals surface area contributed by atoms with Gasteiger partial charge in [0.2, 0.25) is 15.9 Å². The van der Waals surface area contributed by atoms with E-state index in [1.807, 2.05) is 0 Å². The van der Waals surface area contributed by atoms with Crippen molar-refractivity contribution in [3.8, 4) is 0 Å². The van der Waals surface area contributed by atoms with Crippen LogP contribution >= 0.6 is 15.9 Å². The van der Waals surface area contributed by atoms with E-state index in [0.717, 1.165) is 10.0 Å². The van der Waals surface area contributed by atoms with Gasteiger partial charge in [0.25, 0.3) is 5.91 Å². The third-order valence-electron chi connectivity index (χ3n) is 5.00.